The fourth-order valence-electron chi connectivity index (χ4n) is 1.47. The van der Waals surface area contributed by atoms with Crippen LogP contribution in [0.5, 0.6) is 0 Å². The van der Waals surface area contributed by atoms with E-state index in [-0.39, 0.29) is 17.2 Å². The van der Waals surface area contributed by atoms with E-state index in [9.17, 15) is 4.79 Å². The third-order valence-corrected chi connectivity index (χ3v) is 3.06. The maximum absolute atomic E-state index is 11.7. The number of halogens is 1. The van der Waals surface area contributed by atoms with Crippen LogP contribution in [0.15, 0.2) is 0 Å². The van der Waals surface area contributed by atoms with Gasteiger partial charge < -0.3 is 5.32 Å². The molecule has 0 aliphatic carbocycles. The summed E-state index contributed by atoms with van der Waals surface area (Å²) in [6.45, 7) is 9.08. The molecule has 0 aromatic rings. The molecule has 0 aliphatic rings. The molecule has 0 radical (unpaired) electrons. The fraction of sp³-hybridized carbons (Fsp3) is 0.917. The lowest BCUT2D eigenvalue weighted by atomic mass is 9.90. The summed E-state index contributed by atoms with van der Waals surface area (Å²) in [6.07, 6.45) is 2.76. The summed E-state index contributed by atoms with van der Waals surface area (Å²) < 4.78 is 0. The number of alkyl halides is 1. The van der Waals surface area contributed by atoms with Crippen LogP contribution in [0.3, 0.4) is 0 Å². The largest absolute Gasteiger partial charge is 0.355 e. The normalized spacial score (nSPS) is 11.9. The van der Waals surface area contributed by atoms with E-state index in [0.29, 0.717) is 5.88 Å². The molecule has 0 rings (SSSR count). The number of hydrogen-bond acceptors (Lipinski definition) is 1. The molecular formula is C12H24ClNO. The van der Waals surface area contributed by atoms with Gasteiger partial charge in [0.05, 0.1) is 0 Å². The number of hydrogen-bond donors (Lipinski definition) is 1. The Morgan fingerprint density at radius 2 is 1.87 bits per heavy atom. The average Bonchev–Trinajstić information content (AvgIpc) is 2.17. The van der Waals surface area contributed by atoms with E-state index in [1.165, 1.54) is 0 Å². The van der Waals surface area contributed by atoms with Crippen molar-refractivity contribution in [2.24, 2.45) is 11.3 Å². The fourth-order valence-corrected chi connectivity index (χ4v) is 1.99. The van der Waals surface area contributed by atoms with Crippen molar-refractivity contribution in [3.8, 4) is 0 Å². The highest BCUT2D eigenvalue weighted by Crippen LogP contribution is 2.20. The zero-order valence-electron chi connectivity index (χ0n) is 10.4. The minimum absolute atomic E-state index is 0.101. The van der Waals surface area contributed by atoms with Crippen molar-refractivity contribution >= 4 is 17.5 Å². The van der Waals surface area contributed by atoms with Crippen LogP contribution in [-0.4, -0.2) is 18.3 Å². The van der Waals surface area contributed by atoms with Gasteiger partial charge in [0.15, 0.2) is 0 Å². The van der Waals surface area contributed by atoms with Crippen molar-refractivity contribution in [2.75, 3.05) is 12.4 Å². The molecule has 0 spiro atoms. The van der Waals surface area contributed by atoms with E-state index < -0.39 is 0 Å². The summed E-state index contributed by atoms with van der Waals surface area (Å²) in [6, 6.07) is 0. The van der Waals surface area contributed by atoms with Gasteiger partial charge in [-0.3, -0.25) is 4.79 Å². The molecule has 0 saturated carbocycles. The molecule has 15 heavy (non-hydrogen) atoms. The lowest BCUT2D eigenvalue weighted by Crippen LogP contribution is -2.37. The minimum Gasteiger partial charge on any atom is -0.355 e. The Morgan fingerprint density at radius 3 is 2.27 bits per heavy atom. The maximum atomic E-state index is 11.7. The van der Waals surface area contributed by atoms with Crippen molar-refractivity contribution in [3.63, 3.8) is 0 Å². The zero-order valence-corrected chi connectivity index (χ0v) is 11.2. The topological polar surface area (TPSA) is 29.1 Å². The number of rotatable bonds is 7. The highest BCUT2D eigenvalue weighted by molar-refractivity contribution is 6.17. The summed E-state index contributed by atoms with van der Waals surface area (Å²) >= 11 is 5.71. The predicted molar refractivity (Wildman–Crippen MR) is 66.2 cm³/mol. The first kappa shape index (κ1) is 14.8. The molecule has 1 N–H and O–H groups in total. The van der Waals surface area contributed by atoms with Gasteiger partial charge in [0.25, 0.3) is 0 Å². The van der Waals surface area contributed by atoms with E-state index in [1.54, 1.807) is 0 Å². The summed E-state index contributed by atoms with van der Waals surface area (Å²) in [5, 5.41) is 3.01. The molecule has 3 heteroatoms. The van der Waals surface area contributed by atoms with Crippen LogP contribution < -0.4 is 5.32 Å². The van der Waals surface area contributed by atoms with E-state index in [0.717, 1.165) is 25.8 Å². The van der Waals surface area contributed by atoms with Gasteiger partial charge in [0.1, 0.15) is 0 Å². The first-order valence-electron chi connectivity index (χ1n) is 5.80. The number of amides is 1. The van der Waals surface area contributed by atoms with Crippen LogP contribution in [0.1, 0.15) is 47.0 Å². The first-order chi connectivity index (χ1) is 6.96. The van der Waals surface area contributed by atoms with Gasteiger partial charge in [-0.1, -0.05) is 27.7 Å². The molecule has 0 atom stereocenters. The van der Waals surface area contributed by atoms with Crippen LogP contribution in [0.2, 0.25) is 0 Å². The van der Waals surface area contributed by atoms with Crippen molar-refractivity contribution in [3.05, 3.63) is 0 Å². The molecule has 0 aromatic carbocycles. The van der Waals surface area contributed by atoms with Crippen molar-refractivity contribution in [2.45, 2.75) is 47.0 Å². The summed E-state index contributed by atoms with van der Waals surface area (Å²) in [7, 11) is 0. The second-order valence-corrected chi connectivity index (χ2v) is 5.21. The highest BCUT2D eigenvalue weighted by Gasteiger charge is 2.20. The quantitative estimate of drug-likeness (QED) is 0.673. The maximum Gasteiger partial charge on any atom is 0.223 e. The molecule has 0 bridgehead atoms. The van der Waals surface area contributed by atoms with Gasteiger partial charge in [-0.25, -0.2) is 0 Å². The SMILES string of the molecule is CCC(CC)C(=O)NCC(C)(C)CCCl. The third kappa shape index (κ3) is 6.03. The van der Waals surface area contributed by atoms with Crippen LogP contribution in [-0.2, 0) is 4.79 Å². The lowest BCUT2D eigenvalue weighted by molar-refractivity contribution is -0.125. The van der Waals surface area contributed by atoms with Crippen molar-refractivity contribution in [1.29, 1.82) is 0 Å². The molecule has 0 unspecified atom stereocenters. The molecule has 0 aliphatic heterocycles. The Bertz CT molecular complexity index is 188. The molecule has 0 saturated heterocycles. The standard InChI is InChI=1S/C12H24ClNO/c1-5-10(6-2)11(15)14-9-12(3,4)7-8-13/h10H,5-9H2,1-4H3,(H,14,15). The predicted octanol–water partition coefficient (Wildman–Crippen LogP) is 3.19. The Balaban J connectivity index is 3.98. The smallest absolute Gasteiger partial charge is 0.223 e. The highest BCUT2D eigenvalue weighted by atomic mass is 35.5. The zero-order chi connectivity index (χ0) is 11.9. The van der Waals surface area contributed by atoms with Crippen molar-refractivity contribution in [1.82, 2.24) is 5.32 Å². The summed E-state index contributed by atoms with van der Waals surface area (Å²) in [5.41, 5.74) is 0.101. The molecular weight excluding hydrogens is 210 g/mol. The van der Waals surface area contributed by atoms with E-state index in [1.807, 2.05) is 0 Å². The molecule has 0 heterocycles. The number of nitrogens with one attached hydrogen (secondary N) is 1. The minimum atomic E-state index is 0.101. The monoisotopic (exact) mass is 233 g/mol. The van der Waals surface area contributed by atoms with Gasteiger partial charge >= 0.3 is 0 Å². The van der Waals surface area contributed by atoms with E-state index in [2.05, 4.69) is 33.0 Å². The second kappa shape index (κ2) is 7.10. The third-order valence-electron chi connectivity index (χ3n) is 2.87. The molecule has 0 fully saturated rings. The van der Waals surface area contributed by atoms with Gasteiger partial charge in [-0.05, 0) is 24.7 Å². The molecule has 0 aromatic heterocycles. The average molecular weight is 234 g/mol. The molecule has 90 valence electrons. The first-order valence-corrected chi connectivity index (χ1v) is 6.34. The van der Waals surface area contributed by atoms with Gasteiger partial charge in [-0.2, -0.15) is 0 Å². The van der Waals surface area contributed by atoms with Crippen molar-refractivity contribution < 1.29 is 4.79 Å². The Kier molecular flexibility index (Phi) is 6.99. The second-order valence-electron chi connectivity index (χ2n) is 4.83. The van der Waals surface area contributed by atoms with Crippen LogP contribution in [0.4, 0.5) is 0 Å². The molecule has 1 amide bonds. The number of carbonyl (C=O) groups excluding carboxylic acids is 1. The molecule has 2 nitrogen and oxygen atoms in total. The Hall–Kier alpha value is -0.240. The Morgan fingerprint density at radius 1 is 1.33 bits per heavy atom. The summed E-state index contributed by atoms with van der Waals surface area (Å²) in [5.74, 6) is 0.993. The summed E-state index contributed by atoms with van der Waals surface area (Å²) in [4.78, 5) is 11.7. The van der Waals surface area contributed by atoms with E-state index >= 15 is 0 Å². The number of carbonyl (C=O) groups is 1. The van der Waals surface area contributed by atoms with E-state index in [4.69, 9.17) is 11.6 Å². The Labute approximate surface area is 98.8 Å². The lowest BCUT2D eigenvalue weighted by Gasteiger charge is -2.25. The van der Waals surface area contributed by atoms with Gasteiger partial charge in [-0.15, -0.1) is 11.6 Å². The van der Waals surface area contributed by atoms with Crippen LogP contribution in [0.25, 0.3) is 0 Å². The van der Waals surface area contributed by atoms with Gasteiger partial charge in [0, 0.05) is 18.3 Å². The van der Waals surface area contributed by atoms with Crippen LogP contribution in [0, 0.1) is 11.3 Å². The van der Waals surface area contributed by atoms with Crippen LogP contribution >= 0.6 is 11.6 Å². The van der Waals surface area contributed by atoms with Gasteiger partial charge in [0.2, 0.25) is 5.91 Å².